The molecule has 2 heterocycles. The van der Waals surface area contributed by atoms with Crippen LogP contribution in [-0.4, -0.2) is 33.5 Å². The zero-order valence-electron chi connectivity index (χ0n) is 17.8. The molecule has 8 heteroatoms. The highest BCUT2D eigenvalue weighted by Crippen LogP contribution is 2.44. The maximum absolute atomic E-state index is 13.2. The summed E-state index contributed by atoms with van der Waals surface area (Å²) >= 11 is 1.21. The number of ether oxygens (including phenoxy) is 1. The van der Waals surface area contributed by atoms with Crippen molar-refractivity contribution in [1.29, 1.82) is 0 Å². The van der Waals surface area contributed by atoms with E-state index in [9.17, 15) is 19.8 Å². The summed E-state index contributed by atoms with van der Waals surface area (Å²) in [6.45, 7) is 5.82. The Hall–Kier alpha value is -3.65. The zero-order valence-corrected chi connectivity index (χ0v) is 18.6. The smallest absolute Gasteiger partial charge is 0.301 e. The highest BCUT2D eigenvalue weighted by Gasteiger charge is 2.48. The van der Waals surface area contributed by atoms with Crippen LogP contribution in [0.1, 0.15) is 35.2 Å². The minimum atomic E-state index is -0.930. The third kappa shape index (κ3) is 3.62. The Kier molecular flexibility index (Phi) is 5.71. The zero-order chi connectivity index (χ0) is 23.0. The second-order valence-electron chi connectivity index (χ2n) is 7.46. The SMILES string of the molecule is CCOc1cc(C2/C(=C(/O)c3cc(C)ccc3C)C(=O)C(=O)N2c2nccs2)ccc1O. The molecule has 0 aliphatic carbocycles. The fraction of sp³-hybridized carbons (Fsp3) is 0.208. The van der Waals surface area contributed by atoms with E-state index in [1.165, 1.54) is 22.3 Å². The van der Waals surface area contributed by atoms with Crippen LogP contribution in [-0.2, 0) is 9.59 Å². The Morgan fingerprint density at radius 3 is 2.66 bits per heavy atom. The standard InChI is InChI=1S/C24H22N2O5S/c1-4-31-18-12-15(7-8-17(18)27)20-19(21(28)16-11-13(2)5-6-14(16)3)22(29)23(30)26(20)24-25-9-10-32-24/h5-12,20,27-28H,4H2,1-3H3/b21-19-. The molecule has 1 atom stereocenters. The number of aliphatic hydroxyl groups excluding tert-OH is 1. The topological polar surface area (TPSA) is 100.0 Å². The average molecular weight is 451 g/mol. The van der Waals surface area contributed by atoms with Gasteiger partial charge in [-0.3, -0.25) is 14.5 Å². The minimum absolute atomic E-state index is 0.0351. The number of carbonyl (C=O) groups excluding carboxylic acids is 2. The second-order valence-corrected chi connectivity index (χ2v) is 8.34. The van der Waals surface area contributed by atoms with E-state index in [1.54, 1.807) is 36.7 Å². The lowest BCUT2D eigenvalue weighted by molar-refractivity contribution is -0.132. The summed E-state index contributed by atoms with van der Waals surface area (Å²) in [5.74, 6) is -1.66. The van der Waals surface area contributed by atoms with E-state index >= 15 is 0 Å². The summed E-state index contributed by atoms with van der Waals surface area (Å²) in [4.78, 5) is 31.8. The number of aromatic nitrogens is 1. The molecule has 2 aromatic carbocycles. The molecule has 1 fully saturated rings. The molecule has 1 saturated heterocycles. The maximum atomic E-state index is 13.2. The van der Waals surface area contributed by atoms with Crippen molar-refractivity contribution in [1.82, 2.24) is 4.98 Å². The van der Waals surface area contributed by atoms with Gasteiger partial charge in [0.1, 0.15) is 5.76 Å². The number of anilines is 1. The number of aryl methyl sites for hydroxylation is 2. The number of thiazole rings is 1. The molecule has 0 saturated carbocycles. The van der Waals surface area contributed by atoms with Gasteiger partial charge in [0.05, 0.1) is 18.2 Å². The molecule has 32 heavy (non-hydrogen) atoms. The Morgan fingerprint density at radius 2 is 1.97 bits per heavy atom. The summed E-state index contributed by atoms with van der Waals surface area (Å²) in [5.41, 5.74) is 2.63. The fourth-order valence-corrected chi connectivity index (χ4v) is 4.46. The van der Waals surface area contributed by atoms with Crippen molar-refractivity contribution in [3.8, 4) is 11.5 Å². The van der Waals surface area contributed by atoms with Crippen LogP contribution in [0.15, 0.2) is 53.5 Å². The monoisotopic (exact) mass is 450 g/mol. The first-order valence-electron chi connectivity index (χ1n) is 10.1. The van der Waals surface area contributed by atoms with E-state index in [0.29, 0.717) is 22.9 Å². The van der Waals surface area contributed by atoms with Crippen LogP contribution in [0.2, 0.25) is 0 Å². The number of nitrogens with zero attached hydrogens (tertiary/aromatic N) is 2. The number of rotatable bonds is 5. The number of Topliss-reactive ketones (excluding diaryl/α,β-unsaturated/α-hetero) is 1. The number of phenols is 1. The van der Waals surface area contributed by atoms with Crippen molar-refractivity contribution < 1.29 is 24.5 Å². The van der Waals surface area contributed by atoms with Gasteiger partial charge < -0.3 is 14.9 Å². The van der Waals surface area contributed by atoms with Crippen molar-refractivity contribution in [2.45, 2.75) is 26.8 Å². The van der Waals surface area contributed by atoms with Crippen LogP contribution in [0, 0.1) is 13.8 Å². The minimum Gasteiger partial charge on any atom is -0.507 e. The molecule has 0 bridgehead atoms. The lowest BCUT2D eigenvalue weighted by Crippen LogP contribution is -2.29. The van der Waals surface area contributed by atoms with E-state index in [4.69, 9.17) is 4.74 Å². The van der Waals surface area contributed by atoms with Crippen LogP contribution < -0.4 is 9.64 Å². The normalized spacial score (nSPS) is 17.7. The highest BCUT2D eigenvalue weighted by molar-refractivity contribution is 7.14. The first-order chi connectivity index (χ1) is 15.3. The van der Waals surface area contributed by atoms with Crippen molar-refractivity contribution >= 4 is 33.9 Å². The molecular formula is C24H22N2O5S. The largest absolute Gasteiger partial charge is 0.507 e. The van der Waals surface area contributed by atoms with E-state index in [0.717, 1.165) is 11.1 Å². The van der Waals surface area contributed by atoms with Crippen LogP contribution in [0.4, 0.5) is 5.13 Å². The number of phenolic OH excluding ortho intramolecular Hbond substituents is 1. The molecule has 1 unspecified atom stereocenters. The average Bonchev–Trinajstić information content (AvgIpc) is 3.38. The van der Waals surface area contributed by atoms with E-state index in [1.807, 2.05) is 26.0 Å². The predicted molar refractivity (Wildman–Crippen MR) is 122 cm³/mol. The Balaban J connectivity index is 1.98. The van der Waals surface area contributed by atoms with Crippen LogP contribution >= 0.6 is 11.3 Å². The fourth-order valence-electron chi connectivity index (χ4n) is 3.79. The summed E-state index contributed by atoms with van der Waals surface area (Å²) in [5, 5.41) is 23.5. The van der Waals surface area contributed by atoms with Gasteiger partial charge in [0, 0.05) is 17.1 Å². The molecule has 3 aromatic rings. The van der Waals surface area contributed by atoms with Gasteiger partial charge in [-0.1, -0.05) is 23.8 Å². The van der Waals surface area contributed by atoms with Gasteiger partial charge in [0.25, 0.3) is 5.78 Å². The third-order valence-corrected chi connectivity index (χ3v) is 6.09. The third-order valence-electron chi connectivity index (χ3n) is 5.32. The van der Waals surface area contributed by atoms with Crippen molar-refractivity contribution in [2.24, 2.45) is 0 Å². The second kappa shape index (κ2) is 8.47. The quantitative estimate of drug-likeness (QED) is 0.338. The van der Waals surface area contributed by atoms with Gasteiger partial charge in [0.2, 0.25) is 0 Å². The first kappa shape index (κ1) is 21.6. The van der Waals surface area contributed by atoms with Gasteiger partial charge in [-0.05, 0) is 50.1 Å². The number of ketones is 1. The Morgan fingerprint density at radius 1 is 1.19 bits per heavy atom. The first-order valence-corrected chi connectivity index (χ1v) is 10.9. The predicted octanol–water partition coefficient (Wildman–Crippen LogP) is 4.49. The van der Waals surface area contributed by atoms with Gasteiger partial charge in [0.15, 0.2) is 16.6 Å². The molecule has 4 rings (SSSR count). The maximum Gasteiger partial charge on any atom is 0.301 e. The molecular weight excluding hydrogens is 428 g/mol. The number of aromatic hydroxyl groups is 1. The number of carbonyl (C=O) groups is 2. The lowest BCUT2D eigenvalue weighted by Gasteiger charge is -2.23. The summed E-state index contributed by atoms with van der Waals surface area (Å²) in [6, 6.07) is 9.23. The molecule has 1 aliphatic rings. The van der Waals surface area contributed by atoms with Gasteiger partial charge in [-0.25, -0.2) is 4.98 Å². The van der Waals surface area contributed by atoms with Crippen LogP contribution in [0.3, 0.4) is 0 Å². The van der Waals surface area contributed by atoms with E-state index < -0.39 is 17.7 Å². The molecule has 0 radical (unpaired) electrons. The molecule has 0 spiro atoms. The molecule has 1 aromatic heterocycles. The van der Waals surface area contributed by atoms with Gasteiger partial charge >= 0.3 is 5.91 Å². The number of benzene rings is 2. The van der Waals surface area contributed by atoms with Crippen molar-refractivity contribution in [3.05, 3.63) is 75.8 Å². The van der Waals surface area contributed by atoms with Gasteiger partial charge in [-0.15, -0.1) is 11.3 Å². The van der Waals surface area contributed by atoms with Crippen molar-refractivity contribution in [2.75, 3.05) is 11.5 Å². The summed E-state index contributed by atoms with van der Waals surface area (Å²) in [7, 11) is 0. The number of amides is 1. The molecule has 1 aliphatic heterocycles. The molecule has 7 nitrogen and oxygen atoms in total. The Bertz CT molecular complexity index is 1230. The molecule has 164 valence electrons. The number of hydrogen-bond donors (Lipinski definition) is 2. The lowest BCUT2D eigenvalue weighted by atomic mass is 9.93. The number of hydrogen-bond acceptors (Lipinski definition) is 7. The molecule has 1 amide bonds. The number of aliphatic hydroxyl groups is 1. The molecule has 2 N–H and O–H groups in total. The van der Waals surface area contributed by atoms with E-state index in [-0.39, 0.29) is 22.8 Å². The summed E-state index contributed by atoms with van der Waals surface area (Å²) in [6.07, 6.45) is 1.55. The van der Waals surface area contributed by atoms with E-state index in [2.05, 4.69) is 4.98 Å². The van der Waals surface area contributed by atoms with Crippen LogP contribution in [0.5, 0.6) is 11.5 Å². The highest BCUT2D eigenvalue weighted by atomic mass is 32.1. The summed E-state index contributed by atoms with van der Waals surface area (Å²) < 4.78 is 5.50. The van der Waals surface area contributed by atoms with Crippen LogP contribution in [0.25, 0.3) is 5.76 Å². The van der Waals surface area contributed by atoms with Gasteiger partial charge in [-0.2, -0.15) is 0 Å². The van der Waals surface area contributed by atoms with Crippen molar-refractivity contribution in [3.63, 3.8) is 0 Å². The Labute approximate surface area is 189 Å².